The van der Waals surface area contributed by atoms with E-state index >= 15 is 0 Å². The Kier molecular flexibility index (Phi) is 5.91. The second-order valence-electron chi connectivity index (χ2n) is 6.51. The summed E-state index contributed by atoms with van der Waals surface area (Å²) in [6.07, 6.45) is 0. The lowest BCUT2D eigenvalue weighted by Crippen LogP contribution is -2.30. The molecule has 0 spiro atoms. The SMILES string of the molecule is CCN(C(=O)c1sc(COc2ccc(C)cc2)nc1C)c1cccc(C)c1. The number of anilines is 1. The number of thiazole rings is 1. The van der Waals surface area contributed by atoms with Crippen LogP contribution >= 0.6 is 11.3 Å². The van der Waals surface area contributed by atoms with Crippen LogP contribution in [0.1, 0.15) is 38.4 Å². The van der Waals surface area contributed by atoms with Gasteiger partial charge >= 0.3 is 0 Å². The van der Waals surface area contributed by atoms with Gasteiger partial charge < -0.3 is 9.64 Å². The number of aromatic nitrogens is 1. The van der Waals surface area contributed by atoms with Gasteiger partial charge in [0.15, 0.2) is 0 Å². The van der Waals surface area contributed by atoms with Crippen LogP contribution in [0, 0.1) is 20.8 Å². The molecule has 0 aliphatic heterocycles. The van der Waals surface area contributed by atoms with E-state index in [-0.39, 0.29) is 5.91 Å². The third-order valence-electron chi connectivity index (χ3n) is 4.29. The van der Waals surface area contributed by atoms with Crippen molar-refractivity contribution in [2.75, 3.05) is 11.4 Å². The van der Waals surface area contributed by atoms with Crippen LogP contribution < -0.4 is 9.64 Å². The van der Waals surface area contributed by atoms with Crippen LogP contribution in [0.3, 0.4) is 0 Å². The molecule has 1 amide bonds. The van der Waals surface area contributed by atoms with Crippen LogP contribution in [0.25, 0.3) is 0 Å². The summed E-state index contributed by atoms with van der Waals surface area (Å²) in [5, 5.41) is 0.803. The topological polar surface area (TPSA) is 42.4 Å². The maximum absolute atomic E-state index is 13.1. The van der Waals surface area contributed by atoms with Crippen molar-refractivity contribution in [1.29, 1.82) is 0 Å². The fourth-order valence-electron chi connectivity index (χ4n) is 2.85. The molecule has 140 valence electrons. The summed E-state index contributed by atoms with van der Waals surface area (Å²) in [7, 11) is 0. The van der Waals surface area contributed by atoms with Crippen LogP contribution in [0.2, 0.25) is 0 Å². The first-order valence-corrected chi connectivity index (χ1v) is 9.84. The number of amides is 1. The molecule has 0 radical (unpaired) electrons. The standard InChI is InChI=1S/C22H24N2O2S/c1-5-24(18-8-6-7-16(3)13-18)22(25)21-17(4)23-20(27-21)14-26-19-11-9-15(2)10-12-19/h6-13H,5,14H2,1-4H3. The Morgan fingerprint density at radius 2 is 1.81 bits per heavy atom. The minimum atomic E-state index is -0.0142. The Bertz CT molecular complexity index is 932. The molecule has 0 atom stereocenters. The first-order valence-electron chi connectivity index (χ1n) is 9.02. The highest BCUT2D eigenvalue weighted by Crippen LogP contribution is 2.25. The predicted octanol–water partition coefficient (Wildman–Crippen LogP) is 5.31. The largest absolute Gasteiger partial charge is 0.486 e. The average Bonchev–Trinajstić information content (AvgIpc) is 3.02. The number of nitrogens with zero attached hydrogens (tertiary/aromatic N) is 2. The van der Waals surface area contributed by atoms with E-state index in [9.17, 15) is 4.79 Å². The highest BCUT2D eigenvalue weighted by molar-refractivity contribution is 7.13. The zero-order valence-corrected chi connectivity index (χ0v) is 17.0. The zero-order chi connectivity index (χ0) is 19.4. The predicted molar refractivity (Wildman–Crippen MR) is 111 cm³/mol. The molecular formula is C22H24N2O2S. The molecule has 0 N–H and O–H groups in total. The van der Waals surface area contributed by atoms with Crippen molar-refractivity contribution in [3.05, 3.63) is 75.2 Å². The molecule has 1 heterocycles. The van der Waals surface area contributed by atoms with Crippen molar-refractivity contribution < 1.29 is 9.53 Å². The molecule has 0 fully saturated rings. The summed E-state index contributed by atoms with van der Waals surface area (Å²) in [6, 6.07) is 15.9. The Balaban J connectivity index is 1.76. The quantitative estimate of drug-likeness (QED) is 0.582. The Labute approximate surface area is 164 Å². The van der Waals surface area contributed by atoms with Crippen molar-refractivity contribution in [2.24, 2.45) is 0 Å². The third kappa shape index (κ3) is 4.55. The second-order valence-corrected chi connectivity index (χ2v) is 7.60. The molecular weight excluding hydrogens is 356 g/mol. The van der Waals surface area contributed by atoms with Gasteiger partial charge in [-0.1, -0.05) is 29.8 Å². The monoisotopic (exact) mass is 380 g/mol. The minimum Gasteiger partial charge on any atom is -0.486 e. The molecule has 3 rings (SSSR count). The lowest BCUT2D eigenvalue weighted by atomic mass is 10.2. The van der Waals surface area contributed by atoms with Gasteiger partial charge in [-0.15, -0.1) is 11.3 Å². The van der Waals surface area contributed by atoms with E-state index in [0.717, 1.165) is 27.7 Å². The summed E-state index contributed by atoms with van der Waals surface area (Å²) in [5.41, 5.74) is 3.98. The average molecular weight is 381 g/mol. The highest BCUT2D eigenvalue weighted by atomic mass is 32.1. The summed E-state index contributed by atoms with van der Waals surface area (Å²) < 4.78 is 5.81. The molecule has 5 heteroatoms. The first-order chi connectivity index (χ1) is 13.0. The van der Waals surface area contributed by atoms with Crippen LogP contribution in [0.4, 0.5) is 5.69 Å². The van der Waals surface area contributed by atoms with Gasteiger partial charge in [0, 0.05) is 12.2 Å². The van der Waals surface area contributed by atoms with E-state index in [2.05, 4.69) is 4.98 Å². The molecule has 0 aliphatic rings. The second kappa shape index (κ2) is 8.35. The van der Waals surface area contributed by atoms with Gasteiger partial charge in [0.1, 0.15) is 22.2 Å². The van der Waals surface area contributed by atoms with Crippen molar-refractivity contribution in [1.82, 2.24) is 4.98 Å². The van der Waals surface area contributed by atoms with Crippen molar-refractivity contribution in [3.63, 3.8) is 0 Å². The normalized spacial score (nSPS) is 10.7. The Morgan fingerprint density at radius 1 is 1.07 bits per heavy atom. The van der Waals surface area contributed by atoms with E-state index in [1.54, 1.807) is 4.90 Å². The van der Waals surface area contributed by atoms with Gasteiger partial charge in [-0.25, -0.2) is 4.98 Å². The van der Waals surface area contributed by atoms with Gasteiger partial charge in [-0.05, 0) is 57.5 Å². The summed E-state index contributed by atoms with van der Waals surface area (Å²) in [5.74, 6) is 0.788. The third-order valence-corrected chi connectivity index (χ3v) is 5.41. The fraction of sp³-hybridized carbons (Fsp3) is 0.273. The van der Waals surface area contributed by atoms with Crippen molar-refractivity contribution in [3.8, 4) is 5.75 Å². The molecule has 0 unspecified atom stereocenters. The van der Waals surface area contributed by atoms with Crippen LogP contribution in [-0.4, -0.2) is 17.4 Å². The molecule has 27 heavy (non-hydrogen) atoms. The molecule has 1 aromatic heterocycles. The number of aryl methyl sites for hydroxylation is 3. The smallest absolute Gasteiger partial charge is 0.270 e. The van der Waals surface area contributed by atoms with E-state index in [0.29, 0.717) is 18.0 Å². The van der Waals surface area contributed by atoms with Crippen molar-refractivity contribution in [2.45, 2.75) is 34.3 Å². The lowest BCUT2D eigenvalue weighted by molar-refractivity contribution is 0.0991. The molecule has 0 saturated heterocycles. The summed E-state index contributed by atoms with van der Waals surface area (Å²) in [4.78, 5) is 20.1. The molecule has 0 bridgehead atoms. The number of hydrogen-bond acceptors (Lipinski definition) is 4. The molecule has 0 aliphatic carbocycles. The van der Waals surface area contributed by atoms with Crippen molar-refractivity contribution >= 4 is 22.9 Å². The van der Waals surface area contributed by atoms with E-state index in [1.165, 1.54) is 16.9 Å². The summed E-state index contributed by atoms with van der Waals surface area (Å²) >= 11 is 1.41. The fourth-order valence-corrected chi connectivity index (χ4v) is 3.78. The van der Waals surface area contributed by atoms with Crippen LogP contribution in [-0.2, 0) is 6.61 Å². The zero-order valence-electron chi connectivity index (χ0n) is 16.2. The molecule has 3 aromatic rings. The van der Waals surface area contributed by atoms with Gasteiger partial charge in [-0.2, -0.15) is 0 Å². The molecule has 0 saturated carbocycles. The van der Waals surface area contributed by atoms with Crippen LogP contribution in [0.15, 0.2) is 48.5 Å². The maximum atomic E-state index is 13.1. The van der Waals surface area contributed by atoms with Gasteiger partial charge in [0.25, 0.3) is 5.91 Å². The highest BCUT2D eigenvalue weighted by Gasteiger charge is 2.22. The number of benzene rings is 2. The van der Waals surface area contributed by atoms with Gasteiger partial charge in [-0.3, -0.25) is 4.79 Å². The number of hydrogen-bond donors (Lipinski definition) is 0. The van der Waals surface area contributed by atoms with E-state index < -0.39 is 0 Å². The number of carbonyl (C=O) groups is 1. The van der Waals surface area contributed by atoms with Gasteiger partial charge in [0.2, 0.25) is 0 Å². The Hall–Kier alpha value is -2.66. The van der Waals surface area contributed by atoms with Crippen LogP contribution in [0.5, 0.6) is 5.75 Å². The number of ether oxygens (including phenoxy) is 1. The lowest BCUT2D eigenvalue weighted by Gasteiger charge is -2.21. The van der Waals surface area contributed by atoms with Gasteiger partial charge in [0.05, 0.1) is 5.69 Å². The molecule has 4 nitrogen and oxygen atoms in total. The minimum absolute atomic E-state index is 0.0142. The molecule has 2 aromatic carbocycles. The first kappa shape index (κ1) is 19.1. The number of rotatable bonds is 6. The van der Waals surface area contributed by atoms with E-state index in [4.69, 9.17) is 4.74 Å². The summed E-state index contributed by atoms with van der Waals surface area (Å²) in [6.45, 7) is 8.90. The van der Waals surface area contributed by atoms with E-state index in [1.807, 2.05) is 76.2 Å². The number of carbonyl (C=O) groups excluding carboxylic acids is 1. The maximum Gasteiger partial charge on any atom is 0.270 e. The Morgan fingerprint density at radius 3 is 2.48 bits per heavy atom.